The van der Waals surface area contributed by atoms with Crippen molar-refractivity contribution >= 4 is 34.1 Å². The Hall–Kier alpha value is -3.41. The van der Waals surface area contributed by atoms with Crippen LogP contribution < -0.4 is 5.73 Å². The number of carbonyl (C=O) groups is 2. The highest BCUT2D eigenvalue weighted by atomic mass is 16.7. The number of benzene rings is 2. The van der Waals surface area contributed by atoms with Gasteiger partial charge in [-0.3, -0.25) is 4.79 Å². The van der Waals surface area contributed by atoms with Crippen molar-refractivity contribution in [2.75, 3.05) is 5.73 Å². The molecule has 0 bridgehead atoms. The van der Waals surface area contributed by atoms with Crippen LogP contribution in [0, 0.1) is 12.8 Å². The van der Waals surface area contributed by atoms with Crippen molar-refractivity contribution in [1.29, 1.82) is 0 Å². The standard InChI is InChI=1S/C26H29N3O3/c1-17-25(26(31)23(28-32-18(2)30)16-19-8-4-3-5-9-19)22-10-6-7-11-24(22)29(17)21-14-12-20(27)13-15-21/h6-7,10-15,19H,3-5,8-9,16,27H2,1-2H3/b28-23+. The van der Waals surface area contributed by atoms with E-state index in [4.69, 9.17) is 10.6 Å². The van der Waals surface area contributed by atoms with Gasteiger partial charge in [0.15, 0.2) is 0 Å². The van der Waals surface area contributed by atoms with E-state index in [9.17, 15) is 9.59 Å². The number of ketones is 1. The number of hydrogen-bond donors (Lipinski definition) is 1. The van der Waals surface area contributed by atoms with Gasteiger partial charge in [0.25, 0.3) is 0 Å². The third-order valence-corrected chi connectivity index (χ3v) is 6.24. The number of fused-ring (bicyclic) bond motifs is 1. The maximum absolute atomic E-state index is 13.8. The Morgan fingerprint density at radius 3 is 2.44 bits per heavy atom. The Kier molecular flexibility index (Phi) is 6.40. The lowest BCUT2D eigenvalue weighted by molar-refractivity contribution is -0.140. The van der Waals surface area contributed by atoms with E-state index in [0.29, 0.717) is 29.3 Å². The number of carbonyl (C=O) groups excluding carboxylic acids is 2. The van der Waals surface area contributed by atoms with Crippen molar-refractivity contribution in [3.63, 3.8) is 0 Å². The Morgan fingerprint density at radius 1 is 1.06 bits per heavy atom. The molecule has 1 aliphatic rings. The molecule has 0 spiro atoms. The van der Waals surface area contributed by atoms with Gasteiger partial charge in [0.05, 0.1) is 11.1 Å². The fourth-order valence-electron chi connectivity index (χ4n) is 4.71. The van der Waals surface area contributed by atoms with E-state index in [1.54, 1.807) is 0 Å². The zero-order chi connectivity index (χ0) is 22.7. The molecule has 6 nitrogen and oxygen atoms in total. The van der Waals surface area contributed by atoms with E-state index in [1.165, 1.54) is 13.3 Å². The first-order chi connectivity index (χ1) is 15.5. The highest BCUT2D eigenvalue weighted by molar-refractivity contribution is 6.48. The molecule has 0 amide bonds. The van der Waals surface area contributed by atoms with Gasteiger partial charge >= 0.3 is 5.97 Å². The van der Waals surface area contributed by atoms with Gasteiger partial charge in [-0.1, -0.05) is 55.5 Å². The van der Waals surface area contributed by atoms with Crippen molar-refractivity contribution in [1.82, 2.24) is 4.57 Å². The number of nitrogens with two attached hydrogens (primary N) is 1. The zero-order valence-electron chi connectivity index (χ0n) is 18.6. The molecule has 2 aromatic carbocycles. The van der Waals surface area contributed by atoms with Crippen LogP contribution in [0.3, 0.4) is 0 Å². The third-order valence-electron chi connectivity index (χ3n) is 6.24. The average molecular weight is 432 g/mol. The Bertz CT molecular complexity index is 1170. The minimum absolute atomic E-state index is 0.181. The topological polar surface area (TPSA) is 86.7 Å². The van der Waals surface area contributed by atoms with E-state index in [2.05, 4.69) is 9.72 Å². The van der Waals surface area contributed by atoms with Crippen molar-refractivity contribution in [2.24, 2.45) is 11.1 Å². The molecule has 4 rings (SSSR count). The molecule has 0 atom stereocenters. The van der Waals surface area contributed by atoms with E-state index >= 15 is 0 Å². The number of Topliss-reactive ketones (excluding diaryl/α,β-unsaturated/α-hetero) is 1. The number of anilines is 1. The van der Waals surface area contributed by atoms with E-state index < -0.39 is 5.97 Å². The number of nitrogen functional groups attached to an aromatic ring is 1. The summed E-state index contributed by atoms with van der Waals surface area (Å²) in [6.07, 6.45) is 6.21. The number of oxime groups is 1. The second-order valence-electron chi connectivity index (χ2n) is 8.56. The van der Waals surface area contributed by atoms with Crippen LogP contribution in [0.25, 0.3) is 16.6 Å². The zero-order valence-corrected chi connectivity index (χ0v) is 18.6. The van der Waals surface area contributed by atoms with Gasteiger partial charge in [-0.2, -0.15) is 0 Å². The van der Waals surface area contributed by atoms with Gasteiger partial charge in [-0.25, -0.2) is 4.79 Å². The molecule has 1 aliphatic carbocycles. The second kappa shape index (κ2) is 9.39. The van der Waals surface area contributed by atoms with Crippen LogP contribution in [-0.2, 0) is 9.63 Å². The Balaban J connectivity index is 1.80. The molecular formula is C26H29N3O3. The van der Waals surface area contributed by atoms with Gasteiger partial charge < -0.3 is 15.1 Å². The summed E-state index contributed by atoms with van der Waals surface area (Å²) in [7, 11) is 0. The predicted molar refractivity (Wildman–Crippen MR) is 127 cm³/mol. The minimum Gasteiger partial charge on any atom is -0.399 e. The summed E-state index contributed by atoms with van der Waals surface area (Å²) < 4.78 is 2.06. The molecule has 6 heteroatoms. The van der Waals surface area contributed by atoms with Crippen molar-refractivity contribution in [2.45, 2.75) is 52.4 Å². The molecule has 1 heterocycles. The predicted octanol–water partition coefficient (Wildman–Crippen LogP) is 5.59. The van der Waals surface area contributed by atoms with Crippen LogP contribution >= 0.6 is 0 Å². The number of para-hydroxylation sites is 1. The minimum atomic E-state index is -0.528. The molecule has 2 N–H and O–H groups in total. The summed E-state index contributed by atoms with van der Waals surface area (Å²) in [6, 6.07) is 15.4. The summed E-state index contributed by atoms with van der Waals surface area (Å²) in [6.45, 7) is 3.23. The summed E-state index contributed by atoms with van der Waals surface area (Å²) in [5.41, 5.74) is 10.2. The molecule has 0 saturated heterocycles. The van der Waals surface area contributed by atoms with Gasteiger partial charge in [-0.05, 0) is 49.6 Å². The summed E-state index contributed by atoms with van der Waals surface area (Å²) in [4.78, 5) is 30.2. The molecule has 0 unspecified atom stereocenters. The number of rotatable bonds is 6. The van der Waals surface area contributed by atoms with Crippen LogP contribution in [0.2, 0.25) is 0 Å². The summed E-state index contributed by atoms with van der Waals surface area (Å²) in [5, 5.41) is 4.88. The molecular weight excluding hydrogens is 402 g/mol. The maximum Gasteiger partial charge on any atom is 0.331 e. The van der Waals surface area contributed by atoms with Crippen LogP contribution in [0.5, 0.6) is 0 Å². The maximum atomic E-state index is 13.8. The molecule has 0 radical (unpaired) electrons. The molecule has 1 fully saturated rings. The SMILES string of the molecule is CC(=O)O/N=C(\CC1CCCCC1)C(=O)c1c(C)n(-c2ccc(N)cc2)c2ccccc12. The fraction of sp³-hybridized carbons (Fsp3) is 0.346. The highest BCUT2D eigenvalue weighted by Crippen LogP contribution is 2.32. The van der Waals surface area contributed by atoms with E-state index in [0.717, 1.165) is 48.0 Å². The van der Waals surface area contributed by atoms with Crippen molar-refractivity contribution < 1.29 is 14.4 Å². The second-order valence-corrected chi connectivity index (χ2v) is 8.56. The Morgan fingerprint density at radius 2 is 1.75 bits per heavy atom. The molecule has 1 saturated carbocycles. The Labute approximate surface area is 188 Å². The van der Waals surface area contributed by atoms with Crippen LogP contribution in [-0.4, -0.2) is 22.0 Å². The molecule has 1 aromatic heterocycles. The van der Waals surface area contributed by atoms with Gasteiger partial charge in [0.1, 0.15) is 5.71 Å². The average Bonchev–Trinajstić information content (AvgIpc) is 3.09. The lowest BCUT2D eigenvalue weighted by atomic mass is 9.84. The van der Waals surface area contributed by atoms with Gasteiger partial charge in [-0.15, -0.1) is 0 Å². The van der Waals surface area contributed by atoms with Gasteiger partial charge in [0, 0.05) is 29.4 Å². The molecule has 3 aromatic rings. The first-order valence-corrected chi connectivity index (χ1v) is 11.2. The summed E-state index contributed by atoms with van der Waals surface area (Å²) in [5.74, 6) is -0.326. The lowest BCUT2D eigenvalue weighted by Crippen LogP contribution is -2.21. The van der Waals surface area contributed by atoms with Gasteiger partial charge in [0.2, 0.25) is 5.78 Å². The molecule has 32 heavy (non-hydrogen) atoms. The number of hydrogen-bond acceptors (Lipinski definition) is 5. The largest absolute Gasteiger partial charge is 0.399 e. The number of aromatic nitrogens is 1. The van der Waals surface area contributed by atoms with Crippen molar-refractivity contribution in [3.8, 4) is 5.69 Å². The summed E-state index contributed by atoms with van der Waals surface area (Å²) >= 11 is 0. The first kappa shape index (κ1) is 21.8. The van der Waals surface area contributed by atoms with E-state index in [1.807, 2.05) is 55.5 Å². The van der Waals surface area contributed by atoms with Crippen LogP contribution in [0.1, 0.15) is 61.5 Å². The molecule has 166 valence electrons. The quantitative estimate of drug-likeness (QED) is 0.181. The highest BCUT2D eigenvalue weighted by Gasteiger charge is 2.27. The van der Waals surface area contributed by atoms with Crippen LogP contribution in [0.15, 0.2) is 53.7 Å². The smallest absolute Gasteiger partial charge is 0.331 e. The number of nitrogens with zero attached hydrogens (tertiary/aromatic N) is 2. The third kappa shape index (κ3) is 4.44. The monoisotopic (exact) mass is 431 g/mol. The van der Waals surface area contributed by atoms with E-state index in [-0.39, 0.29) is 5.78 Å². The fourth-order valence-corrected chi connectivity index (χ4v) is 4.71. The normalized spacial score (nSPS) is 15.1. The van der Waals surface area contributed by atoms with Crippen molar-refractivity contribution in [3.05, 3.63) is 59.8 Å². The first-order valence-electron chi connectivity index (χ1n) is 11.2. The van der Waals surface area contributed by atoms with Crippen LogP contribution in [0.4, 0.5) is 5.69 Å². The molecule has 0 aliphatic heterocycles. The lowest BCUT2D eigenvalue weighted by Gasteiger charge is -2.21.